The maximum Gasteiger partial charge on any atom is 0.310 e. The van der Waals surface area contributed by atoms with Crippen LogP contribution in [-0.4, -0.2) is 45.2 Å². The van der Waals surface area contributed by atoms with E-state index >= 15 is 0 Å². The average molecular weight is 249 g/mol. The molecule has 1 saturated heterocycles. The molecule has 1 heterocycles. The molecule has 2 rings (SSSR count). The predicted octanol–water partition coefficient (Wildman–Crippen LogP) is 1.51. The highest BCUT2D eigenvalue weighted by atomic mass is 16.5. The molecule has 0 saturated carbocycles. The molecule has 0 unspecified atom stereocenters. The largest absolute Gasteiger partial charge is 0.497 e. The van der Waals surface area contributed by atoms with E-state index in [1.54, 1.807) is 7.11 Å². The second-order valence-corrected chi connectivity index (χ2v) is 4.73. The summed E-state index contributed by atoms with van der Waals surface area (Å²) in [6, 6.07) is 7.92. The zero-order chi connectivity index (χ0) is 13.1. The molecule has 1 aromatic rings. The Morgan fingerprint density at radius 1 is 1.22 bits per heavy atom. The maximum atomic E-state index is 11.8. The van der Waals surface area contributed by atoms with Crippen LogP contribution in [0.4, 0.5) is 0 Å². The number of methoxy groups -OCH3 is 2. The van der Waals surface area contributed by atoms with Gasteiger partial charge in [-0.1, -0.05) is 12.1 Å². The van der Waals surface area contributed by atoms with Crippen molar-refractivity contribution in [3.05, 3.63) is 29.8 Å². The van der Waals surface area contributed by atoms with Gasteiger partial charge >= 0.3 is 5.97 Å². The normalized spacial score (nSPS) is 23.9. The van der Waals surface area contributed by atoms with Crippen molar-refractivity contribution >= 4 is 5.97 Å². The Labute approximate surface area is 107 Å². The first-order valence-electron chi connectivity index (χ1n) is 6.06. The molecule has 0 aromatic heterocycles. The molecule has 0 bridgehead atoms. The Morgan fingerprint density at radius 2 is 1.89 bits per heavy atom. The summed E-state index contributed by atoms with van der Waals surface area (Å²) in [5.74, 6) is 0.835. The van der Waals surface area contributed by atoms with Crippen LogP contribution in [0.3, 0.4) is 0 Å². The molecule has 0 aliphatic carbocycles. The van der Waals surface area contributed by atoms with Crippen LogP contribution in [0.5, 0.6) is 5.75 Å². The first-order valence-corrected chi connectivity index (χ1v) is 6.06. The molecule has 1 aromatic carbocycles. The van der Waals surface area contributed by atoms with Gasteiger partial charge in [-0.25, -0.2) is 0 Å². The van der Waals surface area contributed by atoms with Crippen LogP contribution >= 0.6 is 0 Å². The smallest absolute Gasteiger partial charge is 0.310 e. The van der Waals surface area contributed by atoms with Gasteiger partial charge in [-0.2, -0.15) is 0 Å². The Morgan fingerprint density at radius 3 is 2.44 bits per heavy atom. The fraction of sp³-hybridized carbons (Fsp3) is 0.500. The second kappa shape index (κ2) is 5.40. The number of likely N-dealkylation sites (tertiary alicyclic amines) is 1. The standard InChI is InChI=1S/C14H19NO3/c1-15-8-12(13(9-15)14(16)18-3)10-4-6-11(17-2)7-5-10/h4-7,12-13H,8-9H2,1-3H3/t12-,13-/m1/s1. The Bertz CT molecular complexity index is 416. The van der Waals surface area contributed by atoms with E-state index in [0.29, 0.717) is 0 Å². The summed E-state index contributed by atoms with van der Waals surface area (Å²) >= 11 is 0. The number of carbonyl (C=O) groups excluding carboxylic acids is 1. The number of likely N-dealkylation sites (N-methyl/N-ethyl adjacent to an activating group) is 1. The number of ether oxygens (including phenoxy) is 2. The number of benzene rings is 1. The van der Waals surface area contributed by atoms with Crippen molar-refractivity contribution in [2.45, 2.75) is 5.92 Å². The van der Waals surface area contributed by atoms with Crippen molar-refractivity contribution in [2.24, 2.45) is 5.92 Å². The Hall–Kier alpha value is -1.55. The fourth-order valence-electron chi connectivity index (χ4n) is 2.58. The summed E-state index contributed by atoms with van der Waals surface area (Å²) in [6.45, 7) is 1.63. The van der Waals surface area contributed by atoms with Crippen molar-refractivity contribution in [2.75, 3.05) is 34.4 Å². The third kappa shape index (κ3) is 2.48. The predicted molar refractivity (Wildman–Crippen MR) is 68.7 cm³/mol. The fourth-order valence-corrected chi connectivity index (χ4v) is 2.58. The van der Waals surface area contributed by atoms with Crippen molar-refractivity contribution in [3.63, 3.8) is 0 Å². The lowest BCUT2D eigenvalue weighted by atomic mass is 9.89. The van der Waals surface area contributed by atoms with Gasteiger partial charge in [0, 0.05) is 19.0 Å². The third-order valence-corrected chi connectivity index (χ3v) is 3.55. The number of carbonyl (C=O) groups is 1. The number of nitrogens with zero attached hydrogens (tertiary/aromatic N) is 1. The molecular formula is C14H19NO3. The Kier molecular flexibility index (Phi) is 3.87. The SMILES string of the molecule is COC(=O)[C@@H]1CN(C)C[C@@H]1c1ccc(OC)cc1. The number of hydrogen-bond acceptors (Lipinski definition) is 4. The van der Waals surface area contributed by atoms with Gasteiger partial charge in [0.25, 0.3) is 0 Å². The minimum Gasteiger partial charge on any atom is -0.497 e. The summed E-state index contributed by atoms with van der Waals surface area (Å²) in [6.07, 6.45) is 0. The summed E-state index contributed by atoms with van der Waals surface area (Å²) in [5, 5.41) is 0. The van der Waals surface area contributed by atoms with Gasteiger partial charge in [0.05, 0.1) is 20.1 Å². The molecular weight excluding hydrogens is 230 g/mol. The summed E-state index contributed by atoms with van der Waals surface area (Å²) in [4.78, 5) is 14.0. The average Bonchev–Trinajstić information content (AvgIpc) is 2.80. The highest BCUT2D eigenvalue weighted by Crippen LogP contribution is 2.33. The number of rotatable bonds is 3. The molecule has 4 heteroatoms. The van der Waals surface area contributed by atoms with Gasteiger partial charge in [0.1, 0.15) is 5.75 Å². The quantitative estimate of drug-likeness (QED) is 0.761. The molecule has 1 aliphatic rings. The molecule has 0 amide bonds. The van der Waals surface area contributed by atoms with Gasteiger partial charge < -0.3 is 14.4 Å². The maximum absolute atomic E-state index is 11.8. The van der Waals surface area contributed by atoms with Crippen LogP contribution < -0.4 is 4.74 Å². The van der Waals surface area contributed by atoms with Gasteiger partial charge in [0.15, 0.2) is 0 Å². The topological polar surface area (TPSA) is 38.8 Å². The molecule has 98 valence electrons. The molecule has 2 atom stereocenters. The first-order chi connectivity index (χ1) is 8.65. The highest BCUT2D eigenvalue weighted by Gasteiger charge is 2.37. The third-order valence-electron chi connectivity index (χ3n) is 3.55. The number of esters is 1. The van der Waals surface area contributed by atoms with E-state index < -0.39 is 0 Å². The van der Waals surface area contributed by atoms with E-state index in [1.807, 2.05) is 31.3 Å². The molecule has 1 aliphatic heterocycles. The second-order valence-electron chi connectivity index (χ2n) is 4.73. The zero-order valence-electron chi connectivity index (χ0n) is 11.1. The van der Waals surface area contributed by atoms with Crippen molar-refractivity contribution < 1.29 is 14.3 Å². The minimum absolute atomic E-state index is 0.0756. The van der Waals surface area contributed by atoms with Crippen LogP contribution in [0.2, 0.25) is 0 Å². The van der Waals surface area contributed by atoms with E-state index in [9.17, 15) is 4.79 Å². The lowest BCUT2D eigenvalue weighted by Crippen LogP contribution is -2.23. The van der Waals surface area contributed by atoms with Gasteiger partial charge in [-0.15, -0.1) is 0 Å². The van der Waals surface area contributed by atoms with E-state index in [1.165, 1.54) is 7.11 Å². The van der Waals surface area contributed by atoms with Crippen molar-refractivity contribution in [1.82, 2.24) is 4.90 Å². The van der Waals surface area contributed by atoms with Crippen LogP contribution in [0, 0.1) is 5.92 Å². The van der Waals surface area contributed by atoms with Gasteiger partial charge in [-0.05, 0) is 24.7 Å². The monoisotopic (exact) mass is 249 g/mol. The van der Waals surface area contributed by atoms with Crippen LogP contribution in [0.25, 0.3) is 0 Å². The lowest BCUT2D eigenvalue weighted by molar-refractivity contribution is -0.145. The zero-order valence-corrected chi connectivity index (χ0v) is 11.1. The lowest BCUT2D eigenvalue weighted by Gasteiger charge is -2.16. The molecule has 0 N–H and O–H groups in total. The van der Waals surface area contributed by atoms with Crippen LogP contribution in [-0.2, 0) is 9.53 Å². The van der Waals surface area contributed by atoms with Gasteiger partial charge in [-0.3, -0.25) is 4.79 Å². The van der Waals surface area contributed by atoms with Crippen molar-refractivity contribution in [1.29, 1.82) is 0 Å². The summed E-state index contributed by atoms with van der Waals surface area (Å²) in [7, 11) is 5.13. The van der Waals surface area contributed by atoms with E-state index in [-0.39, 0.29) is 17.8 Å². The summed E-state index contributed by atoms with van der Waals surface area (Å²) in [5.41, 5.74) is 1.16. The molecule has 0 radical (unpaired) electrons. The number of hydrogen-bond donors (Lipinski definition) is 0. The van der Waals surface area contributed by atoms with E-state index in [0.717, 1.165) is 24.4 Å². The van der Waals surface area contributed by atoms with Crippen LogP contribution in [0.1, 0.15) is 11.5 Å². The molecule has 0 spiro atoms. The molecule has 1 fully saturated rings. The highest BCUT2D eigenvalue weighted by molar-refractivity contribution is 5.74. The van der Waals surface area contributed by atoms with Gasteiger partial charge in [0.2, 0.25) is 0 Å². The van der Waals surface area contributed by atoms with E-state index in [4.69, 9.17) is 9.47 Å². The molecule has 18 heavy (non-hydrogen) atoms. The van der Waals surface area contributed by atoms with Crippen molar-refractivity contribution in [3.8, 4) is 5.75 Å². The summed E-state index contributed by atoms with van der Waals surface area (Å²) < 4.78 is 10.0. The van der Waals surface area contributed by atoms with Crippen LogP contribution in [0.15, 0.2) is 24.3 Å². The minimum atomic E-state index is -0.125. The first kappa shape index (κ1) is 12.9. The Balaban J connectivity index is 2.21. The molecule has 4 nitrogen and oxygen atoms in total. The van der Waals surface area contributed by atoms with E-state index in [2.05, 4.69) is 4.90 Å².